The molecule has 0 aromatic carbocycles. The molecule has 240 valence electrons. The number of halogens is 8. The fraction of sp³-hybridized carbons (Fsp3) is 1.00. The van der Waals surface area contributed by atoms with Crippen molar-refractivity contribution in [3.8, 4) is 0 Å². The molecule has 2 nitrogen and oxygen atoms in total. The van der Waals surface area contributed by atoms with E-state index in [2.05, 4.69) is 15.9 Å². The van der Waals surface area contributed by atoms with Crippen LogP contribution in [0.1, 0.15) is 128 Å². The molecular formula is C31H48BrClF6O2. The molecule has 4 rings (SSSR count). The van der Waals surface area contributed by atoms with Crippen LogP contribution in [0.15, 0.2) is 0 Å². The Morgan fingerprint density at radius 1 is 0.659 bits per heavy atom. The summed E-state index contributed by atoms with van der Waals surface area (Å²) in [6.07, 6.45) is 9.45. The molecular weight excluding hydrogens is 634 g/mol. The molecule has 4 aliphatic carbocycles. The fourth-order valence-corrected chi connectivity index (χ4v) is 9.41. The Morgan fingerprint density at radius 2 is 1.22 bits per heavy atom. The summed E-state index contributed by atoms with van der Waals surface area (Å²) in [7, 11) is 0. The molecule has 5 atom stereocenters. The fourth-order valence-electron chi connectivity index (χ4n) is 9.25. The van der Waals surface area contributed by atoms with E-state index in [9.17, 15) is 26.3 Å². The number of rotatable bonds is 13. The summed E-state index contributed by atoms with van der Waals surface area (Å²) in [4.78, 5) is 0. The Morgan fingerprint density at radius 3 is 1.83 bits per heavy atom. The van der Waals surface area contributed by atoms with Crippen molar-refractivity contribution in [1.82, 2.24) is 0 Å². The largest absolute Gasteiger partial charge is 0.401 e. The quantitative estimate of drug-likeness (QED) is 0.142. The summed E-state index contributed by atoms with van der Waals surface area (Å²) < 4.78 is 93.4. The molecule has 4 aliphatic rings. The minimum absolute atomic E-state index is 0.109. The Bertz CT molecular complexity index is 785. The topological polar surface area (TPSA) is 18.5 Å². The van der Waals surface area contributed by atoms with E-state index in [-0.39, 0.29) is 17.3 Å². The number of hydrogen-bond acceptors (Lipinski definition) is 2. The van der Waals surface area contributed by atoms with Gasteiger partial charge >= 0.3 is 12.2 Å². The van der Waals surface area contributed by atoms with Gasteiger partial charge in [-0.2, -0.15) is 17.6 Å². The van der Waals surface area contributed by atoms with Gasteiger partial charge in [-0.05, 0) is 109 Å². The summed E-state index contributed by atoms with van der Waals surface area (Å²) >= 11 is 7.41. The van der Waals surface area contributed by atoms with E-state index in [1.54, 1.807) is 0 Å². The summed E-state index contributed by atoms with van der Waals surface area (Å²) in [5.74, 6) is 1.58. The van der Waals surface area contributed by atoms with Crippen molar-refractivity contribution in [2.75, 3.05) is 0 Å². The van der Waals surface area contributed by atoms with Gasteiger partial charge in [0.25, 0.3) is 5.63 Å². The third-order valence-corrected chi connectivity index (χ3v) is 11.8. The van der Waals surface area contributed by atoms with Gasteiger partial charge < -0.3 is 9.47 Å². The highest BCUT2D eigenvalue weighted by Gasteiger charge is 2.53. The van der Waals surface area contributed by atoms with Crippen molar-refractivity contribution in [2.24, 2.45) is 29.1 Å². The zero-order valence-electron chi connectivity index (χ0n) is 24.1. The lowest BCUT2D eigenvalue weighted by molar-refractivity contribution is -0.288. The lowest BCUT2D eigenvalue weighted by Gasteiger charge is -2.56. The van der Waals surface area contributed by atoms with Gasteiger partial charge in [0, 0.05) is 0 Å². The first kappa shape index (κ1) is 34.1. The molecule has 0 spiro atoms. The molecule has 5 unspecified atom stereocenters. The lowest BCUT2D eigenvalue weighted by atomic mass is 9.49. The van der Waals surface area contributed by atoms with Gasteiger partial charge in [0.05, 0.1) is 12.2 Å². The zero-order valence-corrected chi connectivity index (χ0v) is 26.4. The van der Waals surface area contributed by atoms with E-state index in [1.807, 2.05) is 0 Å². The van der Waals surface area contributed by atoms with E-state index in [4.69, 9.17) is 21.1 Å². The van der Waals surface area contributed by atoms with Gasteiger partial charge in [-0.1, -0.05) is 75.8 Å². The second kappa shape index (κ2) is 15.0. The van der Waals surface area contributed by atoms with Crippen molar-refractivity contribution >= 4 is 27.5 Å². The highest BCUT2D eigenvalue weighted by molar-refractivity contribution is 9.09. The molecule has 0 aromatic rings. The van der Waals surface area contributed by atoms with Gasteiger partial charge in [0.15, 0.2) is 0 Å². The molecule has 0 heterocycles. The Kier molecular flexibility index (Phi) is 12.5. The van der Waals surface area contributed by atoms with Crippen LogP contribution in [0.5, 0.6) is 0 Å². The van der Waals surface area contributed by atoms with Crippen molar-refractivity contribution in [3.63, 3.8) is 0 Å². The van der Waals surface area contributed by atoms with Gasteiger partial charge in [-0.25, -0.2) is 8.78 Å². The maximum Gasteiger partial charge on any atom is 0.401 e. The van der Waals surface area contributed by atoms with Crippen LogP contribution in [-0.4, -0.2) is 35.1 Å². The molecule has 0 aromatic heterocycles. The SMILES string of the molecule is FC(Cl)C(F)(F)OC1CCC(C(CCCC2CCCC2)(C2CCCCC2)C2CCCC(OC(F)(F)C(F)Br)C2)CC1. The molecule has 0 saturated heterocycles. The van der Waals surface area contributed by atoms with Crippen LogP contribution in [0.25, 0.3) is 0 Å². The first-order chi connectivity index (χ1) is 19.4. The second-order valence-corrected chi connectivity index (χ2v) is 14.6. The zero-order chi connectivity index (χ0) is 29.7. The van der Waals surface area contributed by atoms with Crippen molar-refractivity contribution in [3.05, 3.63) is 0 Å². The summed E-state index contributed by atoms with van der Waals surface area (Å²) in [6.45, 7) is 0. The molecule has 0 aliphatic heterocycles. The predicted octanol–water partition coefficient (Wildman–Crippen LogP) is 11.5. The molecule has 0 bridgehead atoms. The second-order valence-electron chi connectivity index (χ2n) is 13.4. The summed E-state index contributed by atoms with van der Waals surface area (Å²) in [5.41, 5.74) is -3.00. The highest BCUT2D eigenvalue weighted by atomic mass is 79.9. The predicted molar refractivity (Wildman–Crippen MR) is 153 cm³/mol. The molecule has 4 saturated carbocycles. The van der Waals surface area contributed by atoms with Crippen LogP contribution in [0.2, 0.25) is 0 Å². The molecule has 41 heavy (non-hydrogen) atoms. The van der Waals surface area contributed by atoms with Crippen LogP contribution >= 0.6 is 27.5 Å². The highest BCUT2D eigenvalue weighted by Crippen LogP contribution is 2.60. The lowest BCUT2D eigenvalue weighted by Crippen LogP contribution is -2.50. The van der Waals surface area contributed by atoms with Crippen molar-refractivity contribution in [2.45, 2.75) is 164 Å². The molecule has 0 radical (unpaired) electrons. The Hall–Kier alpha value is 0.270. The summed E-state index contributed by atoms with van der Waals surface area (Å²) in [5, 5.41) is -2.56. The minimum Gasteiger partial charge on any atom is -0.314 e. The average molecular weight is 682 g/mol. The minimum atomic E-state index is -4.02. The van der Waals surface area contributed by atoms with Crippen molar-refractivity contribution in [1.29, 1.82) is 0 Å². The first-order valence-electron chi connectivity index (χ1n) is 16.1. The average Bonchev–Trinajstić information content (AvgIpc) is 3.45. The monoisotopic (exact) mass is 680 g/mol. The van der Waals surface area contributed by atoms with Gasteiger partial charge in [-0.15, -0.1) is 0 Å². The number of ether oxygens (including phenoxy) is 2. The third-order valence-electron chi connectivity index (χ3n) is 11.0. The smallest absolute Gasteiger partial charge is 0.314 e. The standard InChI is InChI=1S/C31H48BrClF6O2/c32-27(34)30(36,37)41-26-14-6-13-24(20-26)29(22-11-2-1-3-12-22,19-7-10-21-8-4-5-9-21)23-15-17-25(18-16-23)40-31(38,39)28(33)35/h21-28H,1-20H2. The van der Waals surface area contributed by atoms with Gasteiger partial charge in [0.1, 0.15) is 0 Å². The third kappa shape index (κ3) is 8.71. The van der Waals surface area contributed by atoms with E-state index >= 15 is 0 Å². The van der Waals surface area contributed by atoms with E-state index in [1.165, 1.54) is 38.5 Å². The Labute approximate surface area is 255 Å². The molecule has 4 fully saturated rings. The van der Waals surface area contributed by atoms with Crippen molar-refractivity contribution < 1.29 is 35.8 Å². The number of alkyl halides is 8. The molecule has 0 amide bonds. The van der Waals surface area contributed by atoms with Crippen LogP contribution in [0.3, 0.4) is 0 Å². The first-order valence-corrected chi connectivity index (χ1v) is 17.5. The van der Waals surface area contributed by atoms with Gasteiger partial charge in [-0.3, -0.25) is 0 Å². The van der Waals surface area contributed by atoms with E-state index in [0.29, 0.717) is 44.4 Å². The maximum atomic E-state index is 14.3. The van der Waals surface area contributed by atoms with E-state index in [0.717, 1.165) is 57.3 Å². The molecule has 10 heteroatoms. The van der Waals surface area contributed by atoms with Gasteiger partial charge in [0.2, 0.25) is 5.08 Å². The van der Waals surface area contributed by atoms with Crippen LogP contribution < -0.4 is 0 Å². The van der Waals surface area contributed by atoms with Crippen LogP contribution in [0, 0.1) is 29.1 Å². The summed E-state index contributed by atoms with van der Waals surface area (Å²) in [6, 6.07) is 0. The Balaban J connectivity index is 1.57. The van der Waals surface area contributed by atoms with Crippen LogP contribution in [-0.2, 0) is 9.47 Å². The van der Waals surface area contributed by atoms with Crippen LogP contribution in [0.4, 0.5) is 26.3 Å². The molecule has 0 N–H and O–H groups in total. The normalized spacial score (nSPS) is 32.5. The van der Waals surface area contributed by atoms with E-state index < -0.39 is 35.1 Å². The maximum absolute atomic E-state index is 14.3. The number of hydrogen-bond donors (Lipinski definition) is 0.